The monoisotopic (exact) mass is 562 g/mol. The number of pyridine rings is 1. The fraction of sp³-hybridized carbons (Fsp3) is 0.414. The highest BCUT2D eigenvalue weighted by molar-refractivity contribution is 7.90. The van der Waals surface area contributed by atoms with Gasteiger partial charge >= 0.3 is 0 Å². The topological polar surface area (TPSA) is 113 Å². The molecule has 2 unspecified atom stereocenters. The van der Waals surface area contributed by atoms with Gasteiger partial charge in [0.05, 0.1) is 22.4 Å². The second-order valence-electron chi connectivity index (χ2n) is 11.1. The molecular weight excluding hydrogens is 534 g/mol. The fourth-order valence-corrected chi connectivity index (χ4v) is 7.35. The van der Waals surface area contributed by atoms with E-state index in [0.717, 1.165) is 18.5 Å². The first-order valence-electron chi connectivity index (χ1n) is 13.2. The van der Waals surface area contributed by atoms with Crippen LogP contribution in [0.3, 0.4) is 0 Å². The van der Waals surface area contributed by atoms with Crippen LogP contribution in [0.5, 0.6) is 0 Å². The average molecular weight is 563 g/mol. The lowest BCUT2D eigenvalue weighted by molar-refractivity contribution is 0.122. The zero-order chi connectivity index (χ0) is 28.3. The molecule has 1 aliphatic heterocycles. The SMILES string of the molecule is CCS(=O)(=O)Cc1nnc(-c2cccc([C@@]34CC[C@@H](C5C#CC3/N=N\C(c3c(F)cccc3F)=C/5)C4(C)C)n2)[nH]1. The summed E-state index contributed by atoms with van der Waals surface area (Å²) in [5.41, 5.74) is 0.224. The molecule has 1 N–H and O–H groups in total. The second-order valence-corrected chi connectivity index (χ2v) is 13.5. The van der Waals surface area contributed by atoms with Crippen LogP contribution in [0.25, 0.3) is 17.2 Å². The number of aromatic nitrogens is 4. The molecular formula is C29H28F2N6O2S. The molecule has 0 spiro atoms. The molecule has 0 saturated heterocycles. The van der Waals surface area contributed by atoms with Crippen LogP contribution in [-0.2, 0) is 21.0 Å². The highest BCUT2D eigenvalue weighted by Gasteiger charge is 2.62. The minimum atomic E-state index is -3.28. The minimum Gasteiger partial charge on any atom is -0.323 e. The zero-order valence-electron chi connectivity index (χ0n) is 22.3. The van der Waals surface area contributed by atoms with E-state index in [1.807, 2.05) is 12.1 Å². The van der Waals surface area contributed by atoms with Crippen molar-refractivity contribution in [1.29, 1.82) is 0 Å². The molecule has 11 heteroatoms. The van der Waals surface area contributed by atoms with Crippen molar-refractivity contribution in [1.82, 2.24) is 20.2 Å². The Morgan fingerprint density at radius 3 is 2.58 bits per heavy atom. The molecule has 2 aliphatic carbocycles. The van der Waals surface area contributed by atoms with Crippen molar-refractivity contribution in [2.75, 3.05) is 5.75 Å². The molecule has 206 valence electrons. The van der Waals surface area contributed by atoms with Gasteiger partial charge in [-0.05, 0) is 54.5 Å². The molecule has 4 atom stereocenters. The Morgan fingerprint density at radius 2 is 1.82 bits per heavy atom. The first kappa shape index (κ1) is 26.4. The summed E-state index contributed by atoms with van der Waals surface area (Å²) in [6.45, 7) is 5.94. The van der Waals surface area contributed by atoms with Crippen LogP contribution in [-0.4, -0.2) is 40.4 Å². The predicted molar refractivity (Wildman–Crippen MR) is 145 cm³/mol. The molecule has 0 amide bonds. The van der Waals surface area contributed by atoms with E-state index in [4.69, 9.17) is 4.98 Å². The van der Waals surface area contributed by atoms with Crippen molar-refractivity contribution in [3.8, 4) is 23.4 Å². The number of nitrogens with one attached hydrogen (secondary N) is 1. The number of benzene rings is 1. The smallest absolute Gasteiger partial charge is 0.180 e. The van der Waals surface area contributed by atoms with Gasteiger partial charge in [0, 0.05) is 11.7 Å². The van der Waals surface area contributed by atoms with Crippen molar-refractivity contribution < 1.29 is 17.2 Å². The van der Waals surface area contributed by atoms with Crippen molar-refractivity contribution in [2.45, 2.75) is 50.8 Å². The van der Waals surface area contributed by atoms with E-state index in [9.17, 15) is 17.2 Å². The number of hydrogen-bond acceptors (Lipinski definition) is 7. The Labute approximate surface area is 231 Å². The van der Waals surface area contributed by atoms with Crippen LogP contribution in [0.1, 0.15) is 50.7 Å². The average Bonchev–Trinajstić information content (AvgIpc) is 3.45. The number of rotatable bonds is 6. The number of allylic oxidation sites excluding steroid dienone is 1. The maximum absolute atomic E-state index is 14.7. The Morgan fingerprint density at radius 1 is 1.07 bits per heavy atom. The van der Waals surface area contributed by atoms with Gasteiger partial charge in [-0.25, -0.2) is 22.2 Å². The number of halogens is 2. The van der Waals surface area contributed by atoms with Crippen LogP contribution >= 0.6 is 0 Å². The summed E-state index contributed by atoms with van der Waals surface area (Å²) in [6.07, 6.45) is 3.34. The first-order chi connectivity index (χ1) is 19.1. The maximum atomic E-state index is 14.7. The van der Waals surface area contributed by atoms with Crippen molar-refractivity contribution in [3.63, 3.8) is 0 Å². The second kappa shape index (κ2) is 9.41. The molecule has 0 radical (unpaired) electrons. The van der Waals surface area contributed by atoms with Crippen molar-refractivity contribution in [2.24, 2.45) is 27.5 Å². The standard InChI is InChI=1S/C29H28F2N6O2S/c1-4-40(38,39)16-25-33-27(37-36-25)21-9-6-10-23(32-21)29-14-13-18(28(29,2)3)17-11-12-24(29)35-34-22(15-17)26-19(30)7-5-8-20(26)31/h5-10,15,17-18,24H,4,13-14,16H2,1-3H3,(H,33,36,37)/b22-15-,35-34-/t17?,18-,24?,29-/m0/s1. The molecule has 1 saturated carbocycles. The van der Waals surface area contributed by atoms with Crippen molar-refractivity contribution in [3.05, 3.63) is 71.2 Å². The number of nitrogens with zero attached hydrogens (tertiary/aromatic N) is 5. The van der Waals surface area contributed by atoms with E-state index < -0.39 is 32.9 Å². The Balaban J connectivity index is 1.44. The molecule has 3 aliphatic rings. The van der Waals surface area contributed by atoms with Crippen LogP contribution in [0.15, 0.2) is 52.7 Å². The van der Waals surface area contributed by atoms with Crippen LogP contribution in [0.2, 0.25) is 0 Å². The van der Waals surface area contributed by atoms with Gasteiger partial charge in [-0.3, -0.25) is 0 Å². The third-order valence-electron chi connectivity index (χ3n) is 8.83. The molecule has 6 rings (SSSR count). The number of aromatic amines is 1. The zero-order valence-corrected chi connectivity index (χ0v) is 23.1. The van der Waals surface area contributed by atoms with E-state index in [-0.39, 0.29) is 45.8 Å². The highest BCUT2D eigenvalue weighted by Crippen LogP contribution is 2.63. The Bertz CT molecular complexity index is 1720. The molecule has 2 aromatic heterocycles. The third kappa shape index (κ3) is 4.08. The molecule has 3 aromatic rings. The molecule has 40 heavy (non-hydrogen) atoms. The van der Waals surface area contributed by atoms with Crippen LogP contribution in [0.4, 0.5) is 8.78 Å². The molecule has 3 heterocycles. The van der Waals surface area contributed by atoms with E-state index in [1.165, 1.54) is 18.2 Å². The summed E-state index contributed by atoms with van der Waals surface area (Å²) < 4.78 is 53.6. The van der Waals surface area contributed by atoms with Gasteiger partial charge in [-0.1, -0.05) is 44.7 Å². The maximum Gasteiger partial charge on any atom is 0.180 e. The summed E-state index contributed by atoms with van der Waals surface area (Å²) in [5.74, 6) is 5.47. The lowest BCUT2D eigenvalue weighted by Gasteiger charge is -2.45. The number of azo groups is 1. The van der Waals surface area contributed by atoms with Crippen LogP contribution < -0.4 is 0 Å². The quantitative estimate of drug-likeness (QED) is 0.412. The van der Waals surface area contributed by atoms with Gasteiger partial charge in [0.2, 0.25) is 0 Å². The summed E-state index contributed by atoms with van der Waals surface area (Å²) in [5, 5.41) is 17.2. The highest BCUT2D eigenvalue weighted by atomic mass is 32.2. The fourth-order valence-electron chi connectivity index (χ4n) is 6.60. The van der Waals surface area contributed by atoms with Gasteiger partial charge in [0.25, 0.3) is 0 Å². The van der Waals surface area contributed by atoms with Gasteiger partial charge in [-0.2, -0.15) is 10.2 Å². The molecule has 4 bridgehead atoms. The van der Waals surface area contributed by atoms with Gasteiger partial charge in [0.15, 0.2) is 15.7 Å². The summed E-state index contributed by atoms with van der Waals surface area (Å²) in [6, 6.07) is 8.77. The summed E-state index contributed by atoms with van der Waals surface area (Å²) in [7, 11) is -3.28. The number of hydrogen-bond donors (Lipinski definition) is 1. The molecule has 1 aromatic carbocycles. The molecule has 1 fully saturated rings. The molecule has 8 nitrogen and oxygen atoms in total. The first-order valence-corrected chi connectivity index (χ1v) is 15.1. The van der Waals surface area contributed by atoms with Gasteiger partial charge < -0.3 is 4.98 Å². The van der Waals surface area contributed by atoms with E-state index >= 15 is 0 Å². The normalized spacial score (nSPS) is 28.5. The number of fused-ring (bicyclic) bond motifs is 6. The number of sulfone groups is 1. The largest absolute Gasteiger partial charge is 0.323 e. The number of H-pyrrole nitrogens is 1. The summed E-state index contributed by atoms with van der Waals surface area (Å²) >= 11 is 0. The van der Waals surface area contributed by atoms with E-state index in [1.54, 1.807) is 19.1 Å². The van der Waals surface area contributed by atoms with Gasteiger partial charge in [0.1, 0.15) is 34.9 Å². The van der Waals surface area contributed by atoms with Crippen molar-refractivity contribution >= 4 is 15.5 Å². The summed E-state index contributed by atoms with van der Waals surface area (Å²) in [4.78, 5) is 8.00. The predicted octanol–water partition coefficient (Wildman–Crippen LogP) is 5.26. The van der Waals surface area contributed by atoms with E-state index in [0.29, 0.717) is 11.5 Å². The van der Waals surface area contributed by atoms with Gasteiger partial charge in [-0.15, -0.1) is 10.2 Å². The van der Waals surface area contributed by atoms with E-state index in [2.05, 4.69) is 51.1 Å². The lowest BCUT2D eigenvalue weighted by atomic mass is 9.58. The Hall–Kier alpha value is -3.78. The Kier molecular flexibility index (Phi) is 6.22. The third-order valence-corrected chi connectivity index (χ3v) is 10.4. The van der Waals surface area contributed by atoms with Crippen LogP contribution in [0, 0.1) is 40.7 Å². The minimum absolute atomic E-state index is 0.00757. The lowest BCUT2D eigenvalue weighted by Crippen LogP contribution is -2.48.